The molecule has 0 bridgehead atoms. The second-order valence-corrected chi connectivity index (χ2v) is 6.01. The van der Waals surface area contributed by atoms with Gasteiger partial charge in [0.05, 0.1) is 4.90 Å². The fourth-order valence-corrected chi connectivity index (χ4v) is 2.81. The fraction of sp³-hybridized carbons (Fsp3) is 0.143. The van der Waals surface area contributed by atoms with Crippen LogP contribution in [0.15, 0.2) is 53.4 Å². The molecule has 2 aromatic rings. The molecule has 6 heteroatoms. The van der Waals surface area contributed by atoms with Gasteiger partial charge in [-0.2, -0.15) is 0 Å². The normalized spacial score (nSPS) is 11.1. The van der Waals surface area contributed by atoms with Crippen molar-refractivity contribution < 1.29 is 8.42 Å². The second-order valence-electron chi connectivity index (χ2n) is 4.32. The number of hydrogen-bond donors (Lipinski definition) is 3. The van der Waals surface area contributed by atoms with Crippen molar-refractivity contribution >= 4 is 21.4 Å². The Kier molecular flexibility index (Phi) is 4.26. The highest BCUT2D eigenvalue weighted by Gasteiger charge is 2.13. The first-order valence-corrected chi connectivity index (χ1v) is 7.72. The molecule has 5 nitrogen and oxygen atoms in total. The Morgan fingerprint density at radius 2 is 1.50 bits per heavy atom. The molecule has 0 fully saturated rings. The van der Waals surface area contributed by atoms with E-state index >= 15 is 0 Å². The molecule has 0 aliphatic rings. The van der Waals surface area contributed by atoms with E-state index in [1.165, 1.54) is 12.1 Å². The summed E-state index contributed by atoms with van der Waals surface area (Å²) in [5.41, 5.74) is 4.81. The Morgan fingerprint density at radius 1 is 0.950 bits per heavy atom. The molecule has 4 N–H and O–H groups in total. The number of nitrogens with one attached hydrogen (secondary N) is 2. The number of sulfonamides is 1. The minimum Gasteiger partial charge on any atom is -0.324 e. The van der Waals surface area contributed by atoms with Crippen molar-refractivity contribution in [3.8, 4) is 0 Å². The Hall–Kier alpha value is -2.05. The van der Waals surface area contributed by atoms with E-state index in [2.05, 4.69) is 10.1 Å². The monoisotopic (exact) mass is 291 g/mol. The summed E-state index contributed by atoms with van der Waals surface area (Å²) in [7, 11) is -3.58. The molecule has 2 rings (SSSR count). The molecule has 0 saturated carbocycles. The Labute approximate surface area is 118 Å². The van der Waals surface area contributed by atoms with Gasteiger partial charge >= 0.3 is 0 Å². The lowest BCUT2D eigenvalue weighted by Crippen LogP contribution is -2.13. The zero-order valence-electron chi connectivity index (χ0n) is 11.1. The number of benzene rings is 2. The maximum atomic E-state index is 12.2. The molecule has 106 valence electrons. The van der Waals surface area contributed by atoms with E-state index in [0.29, 0.717) is 11.4 Å². The fourth-order valence-electron chi connectivity index (χ4n) is 1.75. The van der Waals surface area contributed by atoms with Crippen LogP contribution in [-0.2, 0) is 16.4 Å². The standard InChI is InChI=1S/C14H17N3O2S/c1-2-11-3-5-13(6-4-11)17-20(18,19)14-9-7-12(16-15)8-10-14/h3-10,16-17H,2,15H2,1H3. The Balaban J connectivity index is 2.20. The van der Waals surface area contributed by atoms with Crippen LogP contribution < -0.4 is 16.0 Å². The summed E-state index contributed by atoms with van der Waals surface area (Å²) in [5.74, 6) is 5.24. The molecule has 0 atom stereocenters. The number of anilines is 2. The average Bonchev–Trinajstić information content (AvgIpc) is 2.48. The van der Waals surface area contributed by atoms with Crippen molar-refractivity contribution in [2.24, 2.45) is 5.84 Å². The molecule has 0 aromatic heterocycles. The van der Waals surface area contributed by atoms with Crippen molar-refractivity contribution in [1.82, 2.24) is 0 Å². The maximum absolute atomic E-state index is 12.2. The number of rotatable bonds is 5. The lowest BCUT2D eigenvalue weighted by Gasteiger charge is -2.09. The van der Waals surface area contributed by atoms with Crippen LogP contribution in [0.3, 0.4) is 0 Å². The molecule has 0 saturated heterocycles. The van der Waals surface area contributed by atoms with Crippen LogP contribution in [0, 0.1) is 0 Å². The molecule has 0 aliphatic heterocycles. The first kappa shape index (κ1) is 14.4. The molecule has 0 radical (unpaired) electrons. The van der Waals surface area contributed by atoms with Crippen molar-refractivity contribution in [3.63, 3.8) is 0 Å². The van der Waals surface area contributed by atoms with E-state index < -0.39 is 10.0 Å². The van der Waals surface area contributed by atoms with Gasteiger partial charge in [-0.1, -0.05) is 19.1 Å². The van der Waals surface area contributed by atoms with Gasteiger partial charge in [0, 0.05) is 11.4 Å². The van der Waals surface area contributed by atoms with Crippen molar-refractivity contribution in [2.75, 3.05) is 10.1 Å². The molecule has 0 amide bonds. The lowest BCUT2D eigenvalue weighted by molar-refractivity contribution is 0.601. The third kappa shape index (κ3) is 3.28. The predicted octanol–water partition coefficient (Wildman–Crippen LogP) is 2.34. The topological polar surface area (TPSA) is 84.2 Å². The smallest absolute Gasteiger partial charge is 0.261 e. The van der Waals surface area contributed by atoms with E-state index in [-0.39, 0.29) is 4.90 Å². The van der Waals surface area contributed by atoms with Gasteiger partial charge in [-0.15, -0.1) is 0 Å². The van der Waals surface area contributed by atoms with Crippen LogP contribution in [0.25, 0.3) is 0 Å². The van der Waals surface area contributed by atoms with Gasteiger partial charge in [0.15, 0.2) is 0 Å². The minimum atomic E-state index is -3.58. The zero-order chi connectivity index (χ0) is 14.6. The highest BCUT2D eigenvalue weighted by atomic mass is 32.2. The van der Waals surface area contributed by atoms with Gasteiger partial charge in [0.25, 0.3) is 10.0 Å². The lowest BCUT2D eigenvalue weighted by atomic mass is 10.2. The number of nitrogen functional groups attached to an aromatic ring is 1. The second kappa shape index (κ2) is 5.94. The third-order valence-electron chi connectivity index (χ3n) is 2.95. The maximum Gasteiger partial charge on any atom is 0.261 e. The Morgan fingerprint density at radius 3 is 2.00 bits per heavy atom. The summed E-state index contributed by atoms with van der Waals surface area (Å²) in [6, 6.07) is 13.5. The van der Waals surface area contributed by atoms with Crippen LogP contribution in [-0.4, -0.2) is 8.42 Å². The SMILES string of the molecule is CCc1ccc(NS(=O)(=O)c2ccc(NN)cc2)cc1. The number of hydrazine groups is 1. The minimum absolute atomic E-state index is 0.191. The Bertz CT molecular complexity index is 665. The van der Waals surface area contributed by atoms with Crippen LogP contribution in [0.2, 0.25) is 0 Å². The van der Waals surface area contributed by atoms with E-state index in [1.807, 2.05) is 19.1 Å². The summed E-state index contributed by atoms with van der Waals surface area (Å²) in [6.45, 7) is 2.05. The number of aryl methyl sites for hydroxylation is 1. The summed E-state index contributed by atoms with van der Waals surface area (Å²) in [6.07, 6.45) is 0.917. The van der Waals surface area contributed by atoms with E-state index in [9.17, 15) is 8.42 Å². The first-order chi connectivity index (χ1) is 9.55. The van der Waals surface area contributed by atoms with Gasteiger partial charge in [-0.3, -0.25) is 10.6 Å². The third-order valence-corrected chi connectivity index (χ3v) is 4.34. The number of hydrogen-bond acceptors (Lipinski definition) is 4. The average molecular weight is 291 g/mol. The van der Waals surface area contributed by atoms with Crippen LogP contribution in [0.1, 0.15) is 12.5 Å². The molecular formula is C14H17N3O2S. The highest BCUT2D eigenvalue weighted by Crippen LogP contribution is 2.18. The summed E-state index contributed by atoms with van der Waals surface area (Å²) in [4.78, 5) is 0.191. The molecule has 20 heavy (non-hydrogen) atoms. The molecule has 0 aliphatic carbocycles. The van der Waals surface area contributed by atoms with Crippen molar-refractivity contribution in [1.29, 1.82) is 0 Å². The molecular weight excluding hydrogens is 274 g/mol. The van der Waals surface area contributed by atoms with Gasteiger partial charge in [0.2, 0.25) is 0 Å². The number of nitrogens with two attached hydrogens (primary N) is 1. The first-order valence-electron chi connectivity index (χ1n) is 6.23. The van der Waals surface area contributed by atoms with E-state index in [4.69, 9.17) is 5.84 Å². The molecule has 0 spiro atoms. The van der Waals surface area contributed by atoms with Crippen LogP contribution in [0.5, 0.6) is 0 Å². The quantitative estimate of drug-likeness (QED) is 0.583. The van der Waals surface area contributed by atoms with Gasteiger partial charge in [-0.05, 0) is 48.4 Å². The van der Waals surface area contributed by atoms with Crippen LogP contribution >= 0.6 is 0 Å². The summed E-state index contributed by atoms with van der Waals surface area (Å²) >= 11 is 0. The van der Waals surface area contributed by atoms with Gasteiger partial charge < -0.3 is 5.43 Å². The summed E-state index contributed by atoms with van der Waals surface area (Å²) < 4.78 is 26.9. The molecule has 0 unspecified atom stereocenters. The highest BCUT2D eigenvalue weighted by molar-refractivity contribution is 7.92. The molecule has 2 aromatic carbocycles. The largest absolute Gasteiger partial charge is 0.324 e. The van der Waals surface area contributed by atoms with Crippen molar-refractivity contribution in [2.45, 2.75) is 18.2 Å². The van der Waals surface area contributed by atoms with Gasteiger partial charge in [-0.25, -0.2) is 8.42 Å². The van der Waals surface area contributed by atoms with Gasteiger partial charge in [0.1, 0.15) is 0 Å². The van der Waals surface area contributed by atoms with Crippen molar-refractivity contribution in [3.05, 3.63) is 54.1 Å². The summed E-state index contributed by atoms with van der Waals surface area (Å²) in [5, 5.41) is 0. The predicted molar refractivity (Wildman–Crippen MR) is 80.9 cm³/mol. The molecule has 0 heterocycles. The van der Waals surface area contributed by atoms with E-state index in [0.717, 1.165) is 12.0 Å². The zero-order valence-corrected chi connectivity index (χ0v) is 11.9. The van der Waals surface area contributed by atoms with Crippen LogP contribution in [0.4, 0.5) is 11.4 Å². The van der Waals surface area contributed by atoms with E-state index in [1.54, 1.807) is 24.3 Å².